The zero-order chi connectivity index (χ0) is 18.0. The van der Waals surface area contributed by atoms with Gasteiger partial charge in [0, 0.05) is 26.2 Å². The molecule has 1 aromatic carbocycles. The minimum atomic E-state index is -0.0514. The van der Waals surface area contributed by atoms with E-state index in [0.717, 1.165) is 6.42 Å². The maximum absolute atomic E-state index is 2.30. The van der Waals surface area contributed by atoms with Crippen LogP contribution >= 0.6 is 0 Å². The molecule has 0 fully saturated rings. The van der Waals surface area contributed by atoms with Crippen molar-refractivity contribution in [3.05, 3.63) is 65.9 Å². The normalized spacial score (nSPS) is 19.9. The average Bonchev–Trinajstić information content (AvgIpc) is 2.61. The van der Waals surface area contributed by atoms with E-state index < -0.39 is 0 Å². The van der Waals surface area contributed by atoms with Gasteiger partial charge in [0.15, 0.2) is 0 Å². The van der Waals surface area contributed by atoms with E-state index in [1.807, 2.05) is 6.07 Å². The van der Waals surface area contributed by atoms with Crippen molar-refractivity contribution in [2.75, 3.05) is 28.2 Å². The number of rotatable bonds is 5. The Kier molecular flexibility index (Phi) is 8.56. The summed E-state index contributed by atoms with van der Waals surface area (Å²) < 4.78 is 0. The highest BCUT2D eigenvalue weighted by Gasteiger charge is 2.30. The standard InChI is InChI=1S/C18H24N2.C4H10/c1-19(2)17-11-8-13-18(15-17,20(3)4)14-12-16-9-6-5-7-10-16;1-3-4-2/h5-14H,15H2,1-4H3;3-4H2,1-2H3. The second-order valence-electron chi connectivity index (χ2n) is 6.72. The van der Waals surface area contributed by atoms with Crippen LogP contribution in [0, 0.1) is 0 Å². The van der Waals surface area contributed by atoms with Crippen molar-refractivity contribution in [3.8, 4) is 0 Å². The van der Waals surface area contributed by atoms with Gasteiger partial charge in [0.1, 0.15) is 0 Å². The van der Waals surface area contributed by atoms with E-state index in [-0.39, 0.29) is 5.54 Å². The van der Waals surface area contributed by atoms with Crippen molar-refractivity contribution in [2.45, 2.75) is 38.6 Å². The van der Waals surface area contributed by atoms with E-state index in [9.17, 15) is 0 Å². The molecular formula is C22H34N2. The van der Waals surface area contributed by atoms with Gasteiger partial charge in [0.2, 0.25) is 0 Å². The number of benzene rings is 1. The number of likely N-dealkylation sites (N-methyl/N-ethyl adjacent to an activating group) is 1. The van der Waals surface area contributed by atoms with Crippen LogP contribution in [0.15, 0.2) is 60.3 Å². The Hall–Kier alpha value is -1.80. The smallest absolute Gasteiger partial charge is 0.0631 e. The molecule has 2 nitrogen and oxygen atoms in total. The Bertz CT molecular complexity index is 551. The van der Waals surface area contributed by atoms with Crippen molar-refractivity contribution in [3.63, 3.8) is 0 Å². The lowest BCUT2D eigenvalue weighted by atomic mass is 9.86. The van der Waals surface area contributed by atoms with E-state index in [2.05, 4.69) is 106 Å². The second kappa shape index (κ2) is 10.1. The van der Waals surface area contributed by atoms with E-state index in [1.54, 1.807) is 0 Å². The molecule has 0 aliphatic heterocycles. The van der Waals surface area contributed by atoms with Gasteiger partial charge in [0.25, 0.3) is 0 Å². The van der Waals surface area contributed by atoms with Crippen LogP contribution in [0.4, 0.5) is 0 Å². The summed E-state index contributed by atoms with van der Waals surface area (Å²) >= 11 is 0. The van der Waals surface area contributed by atoms with Gasteiger partial charge >= 0.3 is 0 Å². The first-order chi connectivity index (χ1) is 11.4. The van der Waals surface area contributed by atoms with Gasteiger partial charge < -0.3 is 4.90 Å². The van der Waals surface area contributed by atoms with E-state index in [4.69, 9.17) is 0 Å². The third-order valence-corrected chi connectivity index (χ3v) is 4.41. The van der Waals surface area contributed by atoms with Crippen LogP contribution in [-0.2, 0) is 0 Å². The zero-order valence-corrected chi connectivity index (χ0v) is 16.3. The van der Waals surface area contributed by atoms with Crippen LogP contribution in [0.1, 0.15) is 38.7 Å². The molecule has 0 aromatic heterocycles. The first kappa shape index (κ1) is 20.2. The van der Waals surface area contributed by atoms with Crippen molar-refractivity contribution < 1.29 is 0 Å². The molecule has 0 saturated heterocycles. The lowest BCUT2D eigenvalue weighted by Crippen LogP contribution is -2.43. The largest absolute Gasteiger partial charge is 0.381 e. The SMILES string of the molecule is CCCC.CN(C)C1=CC=CC(C=Cc2ccccc2)(N(C)C)C1. The molecule has 1 aliphatic carbocycles. The number of hydrogen-bond donors (Lipinski definition) is 0. The summed E-state index contributed by atoms with van der Waals surface area (Å²) in [7, 11) is 8.48. The number of unbranched alkanes of at least 4 members (excludes halogenated alkanes) is 1. The van der Waals surface area contributed by atoms with Crippen LogP contribution in [0.3, 0.4) is 0 Å². The van der Waals surface area contributed by atoms with Gasteiger partial charge in [-0.2, -0.15) is 0 Å². The highest BCUT2D eigenvalue weighted by atomic mass is 15.2. The molecule has 0 radical (unpaired) electrons. The third kappa shape index (κ3) is 6.01. The molecule has 0 saturated carbocycles. The Morgan fingerprint density at radius 1 is 1.00 bits per heavy atom. The monoisotopic (exact) mass is 326 g/mol. The fraction of sp³-hybridized carbons (Fsp3) is 0.455. The molecule has 24 heavy (non-hydrogen) atoms. The molecule has 132 valence electrons. The van der Waals surface area contributed by atoms with E-state index >= 15 is 0 Å². The molecule has 0 heterocycles. The highest BCUT2D eigenvalue weighted by Crippen LogP contribution is 2.30. The van der Waals surface area contributed by atoms with Gasteiger partial charge in [-0.3, -0.25) is 4.90 Å². The second-order valence-corrected chi connectivity index (χ2v) is 6.72. The first-order valence-corrected chi connectivity index (χ1v) is 8.92. The maximum Gasteiger partial charge on any atom is 0.0631 e. The summed E-state index contributed by atoms with van der Waals surface area (Å²) in [6, 6.07) is 10.5. The average molecular weight is 327 g/mol. The van der Waals surface area contributed by atoms with Gasteiger partial charge in [-0.05, 0) is 25.7 Å². The molecule has 2 heteroatoms. The quantitative estimate of drug-likeness (QED) is 0.732. The zero-order valence-electron chi connectivity index (χ0n) is 16.3. The predicted octanol–water partition coefficient (Wildman–Crippen LogP) is 5.21. The van der Waals surface area contributed by atoms with Crippen molar-refractivity contribution in [2.24, 2.45) is 0 Å². The summed E-state index contributed by atoms with van der Waals surface area (Å²) in [5.74, 6) is 0. The summed E-state index contributed by atoms with van der Waals surface area (Å²) in [5, 5.41) is 0. The topological polar surface area (TPSA) is 6.48 Å². The van der Waals surface area contributed by atoms with Gasteiger partial charge in [-0.25, -0.2) is 0 Å². The Balaban J connectivity index is 0.000000648. The molecule has 0 N–H and O–H groups in total. The highest BCUT2D eigenvalue weighted by molar-refractivity contribution is 5.52. The van der Waals surface area contributed by atoms with Crippen molar-refractivity contribution in [1.82, 2.24) is 9.80 Å². The molecule has 0 amide bonds. The third-order valence-electron chi connectivity index (χ3n) is 4.41. The molecular weight excluding hydrogens is 292 g/mol. The predicted molar refractivity (Wildman–Crippen MR) is 108 cm³/mol. The van der Waals surface area contributed by atoms with Gasteiger partial charge in [0.05, 0.1) is 5.54 Å². The molecule has 0 bridgehead atoms. The molecule has 1 aromatic rings. The summed E-state index contributed by atoms with van der Waals surface area (Å²) in [6.07, 6.45) is 14.8. The fourth-order valence-corrected chi connectivity index (χ4v) is 2.42. The van der Waals surface area contributed by atoms with Crippen LogP contribution in [-0.4, -0.2) is 43.5 Å². The van der Waals surface area contributed by atoms with Crippen molar-refractivity contribution in [1.29, 1.82) is 0 Å². The summed E-state index contributed by atoms with van der Waals surface area (Å²) in [4.78, 5) is 4.47. The molecule has 0 spiro atoms. The van der Waals surface area contributed by atoms with E-state index in [1.165, 1.54) is 24.1 Å². The lowest BCUT2D eigenvalue weighted by Gasteiger charge is -2.39. The Morgan fingerprint density at radius 3 is 2.12 bits per heavy atom. The molecule has 1 unspecified atom stereocenters. The van der Waals surface area contributed by atoms with Crippen LogP contribution in [0.2, 0.25) is 0 Å². The lowest BCUT2D eigenvalue weighted by molar-refractivity contribution is 0.245. The van der Waals surface area contributed by atoms with Crippen LogP contribution < -0.4 is 0 Å². The first-order valence-electron chi connectivity index (χ1n) is 8.92. The maximum atomic E-state index is 2.30. The summed E-state index contributed by atoms with van der Waals surface area (Å²) in [6.45, 7) is 4.36. The Morgan fingerprint density at radius 2 is 1.62 bits per heavy atom. The number of allylic oxidation sites excluding steroid dienone is 2. The van der Waals surface area contributed by atoms with E-state index in [0.29, 0.717) is 0 Å². The minimum absolute atomic E-state index is 0.0514. The molecule has 1 atom stereocenters. The summed E-state index contributed by atoms with van der Waals surface area (Å²) in [5.41, 5.74) is 2.53. The minimum Gasteiger partial charge on any atom is -0.381 e. The molecule has 1 aliphatic rings. The van der Waals surface area contributed by atoms with Crippen LogP contribution in [0.5, 0.6) is 0 Å². The van der Waals surface area contributed by atoms with Gasteiger partial charge in [-0.1, -0.05) is 81.3 Å². The number of nitrogens with zero attached hydrogens (tertiary/aromatic N) is 2. The molecule has 2 rings (SSSR count). The number of hydrogen-bond acceptors (Lipinski definition) is 2. The van der Waals surface area contributed by atoms with Crippen molar-refractivity contribution >= 4 is 6.08 Å². The fourth-order valence-electron chi connectivity index (χ4n) is 2.42. The Labute approximate surface area is 149 Å². The van der Waals surface area contributed by atoms with Gasteiger partial charge in [-0.15, -0.1) is 0 Å². The van der Waals surface area contributed by atoms with Crippen LogP contribution in [0.25, 0.3) is 6.08 Å².